The molecular formula is C18H23N3O3S. The molecule has 2 rings (SSSR count). The van der Waals surface area contributed by atoms with Crippen molar-refractivity contribution in [3.63, 3.8) is 0 Å². The normalized spacial score (nSPS) is 10.4. The Morgan fingerprint density at radius 1 is 1.24 bits per heavy atom. The molecule has 1 heterocycles. The molecule has 2 amide bonds. The molecule has 0 fully saturated rings. The maximum absolute atomic E-state index is 12.7. The quantitative estimate of drug-likeness (QED) is 0.781. The number of carbonyl (C=O) groups excluding carboxylic acids is 2. The minimum Gasteiger partial charge on any atom is -0.497 e. The number of anilines is 2. The first kappa shape index (κ1) is 18.9. The van der Waals surface area contributed by atoms with E-state index in [-0.39, 0.29) is 11.8 Å². The van der Waals surface area contributed by atoms with Crippen molar-refractivity contribution in [1.29, 1.82) is 0 Å². The summed E-state index contributed by atoms with van der Waals surface area (Å²) < 4.78 is 5.20. The van der Waals surface area contributed by atoms with Gasteiger partial charge in [-0.1, -0.05) is 13.3 Å². The van der Waals surface area contributed by atoms with Crippen molar-refractivity contribution in [2.45, 2.75) is 40.0 Å². The number of nitrogens with zero attached hydrogens (tertiary/aromatic N) is 1. The Labute approximate surface area is 151 Å². The summed E-state index contributed by atoms with van der Waals surface area (Å²) in [6, 6.07) is 5.10. The van der Waals surface area contributed by atoms with E-state index in [1.807, 2.05) is 6.92 Å². The van der Waals surface area contributed by atoms with Crippen LogP contribution in [0.4, 0.5) is 11.4 Å². The van der Waals surface area contributed by atoms with E-state index < -0.39 is 0 Å². The lowest BCUT2D eigenvalue weighted by Crippen LogP contribution is -2.15. The van der Waals surface area contributed by atoms with Crippen LogP contribution in [0.25, 0.3) is 0 Å². The van der Waals surface area contributed by atoms with Gasteiger partial charge in [0, 0.05) is 13.0 Å². The standard InChI is InChI=1S/C18H23N3O3S/c1-5-6-7-16-19-11(2)17(25-16)18(23)21-15-10-13(24-4)8-9-14(15)20-12(3)22/h8-10H,5-7H2,1-4H3,(H,20,22)(H,21,23). The van der Waals surface area contributed by atoms with E-state index in [0.29, 0.717) is 22.0 Å². The third-order valence-electron chi connectivity index (χ3n) is 3.58. The minimum absolute atomic E-state index is 0.212. The van der Waals surface area contributed by atoms with E-state index in [0.717, 1.165) is 30.0 Å². The molecule has 7 heteroatoms. The lowest BCUT2D eigenvalue weighted by molar-refractivity contribution is -0.114. The predicted octanol–water partition coefficient (Wildman–Crippen LogP) is 4.01. The SMILES string of the molecule is CCCCc1nc(C)c(C(=O)Nc2cc(OC)ccc2NC(C)=O)s1. The molecule has 1 aromatic carbocycles. The molecule has 2 N–H and O–H groups in total. The van der Waals surface area contributed by atoms with E-state index in [1.165, 1.54) is 18.3 Å². The highest BCUT2D eigenvalue weighted by Crippen LogP contribution is 2.29. The Kier molecular flexibility index (Phi) is 6.52. The second kappa shape index (κ2) is 8.62. The highest BCUT2D eigenvalue weighted by Gasteiger charge is 2.17. The summed E-state index contributed by atoms with van der Waals surface area (Å²) in [6.45, 7) is 5.38. The van der Waals surface area contributed by atoms with Gasteiger partial charge in [0.25, 0.3) is 5.91 Å². The van der Waals surface area contributed by atoms with Gasteiger partial charge in [-0.3, -0.25) is 9.59 Å². The maximum atomic E-state index is 12.7. The number of aryl methyl sites for hydroxylation is 2. The lowest BCUT2D eigenvalue weighted by atomic mass is 10.2. The van der Waals surface area contributed by atoms with Crippen molar-refractivity contribution in [2.75, 3.05) is 17.7 Å². The average molecular weight is 361 g/mol. The zero-order chi connectivity index (χ0) is 18.4. The van der Waals surface area contributed by atoms with E-state index in [4.69, 9.17) is 4.74 Å². The molecule has 0 bridgehead atoms. The molecule has 0 saturated carbocycles. The Morgan fingerprint density at radius 3 is 2.64 bits per heavy atom. The van der Waals surface area contributed by atoms with E-state index >= 15 is 0 Å². The lowest BCUT2D eigenvalue weighted by Gasteiger charge is -2.12. The molecule has 25 heavy (non-hydrogen) atoms. The molecule has 1 aromatic heterocycles. The monoisotopic (exact) mass is 361 g/mol. The zero-order valence-electron chi connectivity index (χ0n) is 14.9. The molecule has 0 unspecified atom stereocenters. The molecule has 0 aliphatic heterocycles. The van der Waals surface area contributed by atoms with Crippen LogP contribution in [0, 0.1) is 6.92 Å². The summed E-state index contributed by atoms with van der Waals surface area (Å²) in [5.41, 5.74) is 1.73. The van der Waals surface area contributed by atoms with E-state index in [9.17, 15) is 9.59 Å². The molecule has 134 valence electrons. The third kappa shape index (κ3) is 5.03. The molecule has 0 saturated heterocycles. The number of rotatable bonds is 7. The number of hydrogen-bond donors (Lipinski definition) is 2. The third-order valence-corrected chi connectivity index (χ3v) is 4.79. The highest BCUT2D eigenvalue weighted by atomic mass is 32.1. The van der Waals surface area contributed by atoms with Gasteiger partial charge < -0.3 is 15.4 Å². The van der Waals surface area contributed by atoms with Crippen LogP contribution in [-0.4, -0.2) is 23.9 Å². The molecule has 0 aliphatic carbocycles. The van der Waals surface area contributed by atoms with Gasteiger partial charge in [0.15, 0.2) is 0 Å². The number of amides is 2. The number of thiazole rings is 1. The van der Waals surface area contributed by atoms with Gasteiger partial charge in [0.05, 0.1) is 29.2 Å². The van der Waals surface area contributed by atoms with Crippen LogP contribution < -0.4 is 15.4 Å². The van der Waals surface area contributed by atoms with Crippen LogP contribution in [0.1, 0.15) is 47.1 Å². The second-order valence-corrected chi connectivity index (χ2v) is 6.76. The first-order chi connectivity index (χ1) is 11.9. The summed E-state index contributed by atoms with van der Waals surface area (Å²) >= 11 is 1.41. The van der Waals surface area contributed by atoms with Crippen LogP contribution in [-0.2, 0) is 11.2 Å². The van der Waals surface area contributed by atoms with Gasteiger partial charge >= 0.3 is 0 Å². The van der Waals surface area contributed by atoms with Crippen LogP contribution in [0.15, 0.2) is 18.2 Å². The fraction of sp³-hybridized carbons (Fsp3) is 0.389. The Balaban J connectivity index is 2.24. The van der Waals surface area contributed by atoms with E-state index in [2.05, 4.69) is 22.5 Å². The predicted molar refractivity (Wildman–Crippen MR) is 101 cm³/mol. The van der Waals surface area contributed by atoms with Crippen molar-refractivity contribution >= 4 is 34.5 Å². The number of benzene rings is 1. The molecule has 6 nitrogen and oxygen atoms in total. The van der Waals surface area contributed by atoms with Gasteiger partial charge in [-0.2, -0.15) is 0 Å². The van der Waals surface area contributed by atoms with Crippen LogP contribution in [0.2, 0.25) is 0 Å². The summed E-state index contributed by atoms with van der Waals surface area (Å²) in [5.74, 6) is 0.142. The van der Waals surface area contributed by atoms with Crippen molar-refractivity contribution in [2.24, 2.45) is 0 Å². The Morgan fingerprint density at radius 2 is 2.00 bits per heavy atom. The second-order valence-electron chi connectivity index (χ2n) is 5.67. The van der Waals surface area contributed by atoms with Crippen molar-refractivity contribution in [3.8, 4) is 5.75 Å². The van der Waals surface area contributed by atoms with Crippen molar-refractivity contribution in [1.82, 2.24) is 4.98 Å². The number of nitrogens with one attached hydrogen (secondary N) is 2. The van der Waals surface area contributed by atoms with Crippen LogP contribution >= 0.6 is 11.3 Å². The summed E-state index contributed by atoms with van der Waals surface area (Å²) in [5, 5.41) is 6.53. The topological polar surface area (TPSA) is 80.3 Å². The molecular weight excluding hydrogens is 338 g/mol. The summed E-state index contributed by atoms with van der Waals surface area (Å²) in [7, 11) is 1.55. The fourth-order valence-electron chi connectivity index (χ4n) is 2.33. The summed E-state index contributed by atoms with van der Waals surface area (Å²) in [4.78, 5) is 29.1. The first-order valence-corrected chi connectivity index (χ1v) is 8.99. The maximum Gasteiger partial charge on any atom is 0.267 e. The van der Waals surface area contributed by atoms with Crippen molar-refractivity contribution in [3.05, 3.63) is 33.8 Å². The molecule has 0 aliphatic rings. The number of unbranched alkanes of at least 4 members (excludes halogenated alkanes) is 1. The first-order valence-electron chi connectivity index (χ1n) is 8.17. The Bertz CT molecular complexity index is 771. The molecule has 0 radical (unpaired) electrons. The van der Waals surface area contributed by atoms with Gasteiger partial charge in [-0.05, 0) is 31.9 Å². The largest absolute Gasteiger partial charge is 0.497 e. The molecule has 2 aromatic rings. The number of aromatic nitrogens is 1. The zero-order valence-corrected chi connectivity index (χ0v) is 15.8. The highest BCUT2D eigenvalue weighted by molar-refractivity contribution is 7.13. The fourth-order valence-corrected chi connectivity index (χ4v) is 3.33. The van der Waals surface area contributed by atoms with Crippen molar-refractivity contribution < 1.29 is 14.3 Å². The number of carbonyl (C=O) groups is 2. The van der Waals surface area contributed by atoms with Gasteiger partial charge in [0.1, 0.15) is 10.6 Å². The minimum atomic E-state index is -0.238. The summed E-state index contributed by atoms with van der Waals surface area (Å²) in [6.07, 6.45) is 3.02. The Hall–Kier alpha value is -2.41. The van der Waals surface area contributed by atoms with Gasteiger partial charge in [-0.25, -0.2) is 4.98 Å². The average Bonchev–Trinajstić information content (AvgIpc) is 2.95. The molecule has 0 spiro atoms. The van der Waals surface area contributed by atoms with Gasteiger partial charge in [0.2, 0.25) is 5.91 Å². The number of methoxy groups -OCH3 is 1. The smallest absolute Gasteiger partial charge is 0.267 e. The molecule has 0 atom stereocenters. The van der Waals surface area contributed by atoms with Crippen LogP contribution in [0.5, 0.6) is 5.75 Å². The number of hydrogen-bond acceptors (Lipinski definition) is 5. The van der Waals surface area contributed by atoms with Crippen LogP contribution in [0.3, 0.4) is 0 Å². The van der Waals surface area contributed by atoms with E-state index in [1.54, 1.807) is 25.3 Å². The number of ether oxygens (including phenoxy) is 1. The van der Waals surface area contributed by atoms with Gasteiger partial charge in [-0.15, -0.1) is 11.3 Å².